The van der Waals surface area contributed by atoms with E-state index in [1.165, 1.54) is 6.07 Å². The fourth-order valence-electron chi connectivity index (χ4n) is 1.22. The predicted molar refractivity (Wildman–Crippen MR) is 59.2 cm³/mol. The quantitative estimate of drug-likeness (QED) is 0.872. The monoisotopic (exact) mass is 235 g/mol. The molecule has 0 bridgehead atoms. The highest BCUT2D eigenvalue weighted by molar-refractivity contribution is 5.55. The zero-order valence-electron chi connectivity index (χ0n) is 9.84. The van der Waals surface area contributed by atoms with E-state index in [-0.39, 0.29) is 17.3 Å². The van der Waals surface area contributed by atoms with Crippen LogP contribution in [0.15, 0.2) is 22.9 Å². The van der Waals surface area contributed by atoms with Crippen LogP contribution >= 0.6 is 0 Å². The number of nitrogens with zero attached hydrogens (tertiary/aromatic N) is 3. The van der Waals surface area contributed by atoms with Crippen molar-refractivity contribution in [3.05, 3.63) is 24.2 Å². The number of ether oxygens (including phenoxy) is 1. The molecule has 0 saturated heterocycles. The largest absolute Gasteiger partial charge is 0.505 e. The van der Waals surface area contributed by atoms with Crippen molar-refractivity contribution in [2.75, 3.05) is 7.11 Å². The molecule has 6 nitrogen and oxygen atoms in total. The number of aromatic nitrogens is 3. The molecule has 17 heavy (non-hydrogen) atoms. The van der Waals surface area contributed by atoms with Crippen LogP contribution in [0.1, 0.15) is 19.7 Å². The van der Waals surface area contributed by atoms with Gasteiger partial charge in [0.15, 0.2) is 5.69 Å². The summed E-state index contributed by atoms with van der Waals surface area (Å²) < 4.78 is 10.3. The van der Waals surface area contributed by atoms with Crippen LogP contribution in [0, 0.1) is 0 Å². The second kappa shape index (κ2) is 4.14. The van der Waals surface area contributed by atoms with Crippen molar-refractivity contribution in [2.45, 2.75) is 19.4 Å². The summed E-state index contributed by atoms with van der Waals surface area (Å²) in [6.07, 6.45) is 1.54. The number of methoxy groups -OCH3 is 1. The van der Waals surface area contributed by atoms with E-state index in [1.807, 2.05) is 13.8 Å². The molecule has 0 amide bonds. The third-order valence-electron chi connectivity index (χ3n) is 2.46. The minimum absolute atomic E-state index is 0.00192. The first-order valence-electron chi connectivity index (χ1n) is 5.08. The van der Waals surface area contributed by atoms with Crippen LogP contribution in [-0.2, 0) is 10.3 Å². The molecule has 0 aliphatic rings. The Morgan fingerprint density at radius 2 is 2.18 bits per heavy atom. The first-order valence-corrected chi connectivity index (χ1v) is 5.08. The Hall–Kier alpha value is -1.95. The van der Waals surface area contributed by atoms with Gasteiger partial charge >= 0.3 is 0 Å². The minimum Gasteiger partial charge on any atom is -0.505 e. The Morgan fingerprint density at radius 1 is 1.41 bits per heavy atom. The van der Waals surface area contributed by atoms with Gasteiger partial charge in [-0.3, -0.25) is 0 Å². The lowest BCUT2D eigenvalue weighted by Gasteiger charge is -2.17. The van der Waals surface area contributed by atoms with E-state index in [0.29, 0.717) is 5.82 Å². The van der Waals surface area contributed by atoms with Crippen LogP contribution in [0.5, 0.6) is 5.75 Å². The predicted octanol–water partition coefficient (Wildman–Crippen LogP) is 1.72. The second-order valence-corrected chi connectivity index (χ2v) is 4.01. The van der Waals surface area contributed by atoms with Crippen molar-refractivity contribution in [3.8, 4) is 17.3 Å². The molecular formula is C11H13N3O3. The van der Waals surface area contributed by atoms with Gasteiger partial charge < -0.3 is 14.4 Å². The van der Waals surface area contributed by atoms with Crippen molar-refractivity contribution in [2.24, 2.45) is 0 Å². The zero-order valence-corrected chi connectivity index (χ0v) is 9.84. The third-order valence-corrected chi connectivity index (χ3v) is 2.46. The molecule has 1 N–H and O–H groups in total. The van der Waals surface area contributed by atoms with E-state index in [9.17, 15) is 5.11 Å². The molecule has 6 heteroatoms. The maximum Gasteiger partial charge on any atom is 0.280 e. The van der Waals surface area contributed by atoms with Crippen LogP contribution in [-0.4, -0.2) is 27.3 Å². The Balaban J connectivity index is 2.40. The van der Waals surface area contributed by atoms with Gasteiger partial charge in [0.2, 0.25) is 5.82 Å². The molecule has 2 aromatic rings. The summed E-state index contributed by atoms with van der Waals surface area (Å²) in [5.41, 5.74) is -0.384. The highest BCUT2D eigenvalue weighted by atomic mass is 16.5. The molecule has 0 aromatic carbocycles. The normalized spacial score (nSPS) is 11.7. The van der Waals surface area contributed by atoms with Gasteiger partial charge in [0.25, 0.3) is 5.89 Å². The summed E-state index contributed by atoms with van der Waals surface area (Å²) in [7, 11) is 1.56. The summed E-state index contributed by atoms with van der Waals surface area (Å²) in [6, 6.07) is 3.13. The van der Waals surface area contributed by atoms with Gasteiger partial charge in [-0.1, -0.05) is 5.16 Å². The van der Waals surface area contributed by atoms with E-state index in [4.69, 9.17) is 9.26 Å². The van der Waals surface area contributed by atoms with Gasteiger partial charge in [0.1, 0.15) is 11.4 Å². The van der Waals surface area contributed by atoms with Crippen LogP contribution < -0.4 is 0 Å². The van der Waals surface area contributed by atoms with Crippen molar-refractivity contribution in [1.82, 2.24) is 15.1 Å². The van der Waals surface area contributed by atoms with Crippen LogP contribution in [0.4, 0.5) is 0 Å². The number of aromatic hydroxyl groups is 1. The molecule has 2 rings (SSSR count). The average Bonchev–Trinajstić information content (AvgIpc) is 2.79. The lowest BCUT2D eigenvalue weighted by molar-refractivity contribution is 0.00973. The summed E-state index contributed by atoms with van der Waals surface area (Å²) >= 11 is 0. The minimum atomic E-state index is -0.647. The van der Waals surface area contributed by atoms with Crippen molar-refractivity contribution in [1.29, 1.82) is 0 Å². The molecule has 0 atom stereocenters. The first kappa shape index (κ1) is 11.5. The Labute approximate surface area is 98.3 Å². The fourth-order valence-corrected chi connectivity index (χ4v) is 1.22. The molecule has 0 spiro atoms. The van der Waals surface area contributed by atoms with E-state index < -0.39 is 5.60 Å². The average molecular weight is 235 g/mol. The molecule has 0 unspecified atom stereocenters. The summed E-state index contributed by atoms with van der Waals surface area (Å²) in [5, 5.41) is 13.4. The Morgan fingerprint density at radius 3 is 2.82 bits per heavy atom. The SMILES string of the molecule is COC(C)(C)c1noc(-c2ncccc2O)n1. The van der Waals surface area contributed by atoms with E-state index in [2.05, 4.69) is 15.1 Å². The van der Waals surface area contributed by atoms with E-state index >= 15 is 0 Å². The van der Waals surface area contributed by atoms with Gasteiger partial charge in [-0.05, 0) is 26.0 Å². The van der Waals surface area contributed by atoms with Gasteiger partial charge in [0.05, 0.1) is 0 Å². The molecule has 90 valence electrons. The van der Waals surface area contributed by atoms with Crippen LogP contribution in [0.25, 0.3) is 11.6 Å². The molecule has 0 saturated carbocycles. The van der Waals surface area contributed by atoms with Crippen LogP contribution in [0.2, 0.25) is 0 Å². The second-order valence-electron chi connectivity index (χ2n) is 4.01. The lowest BCUT2D eigenvalue weighted by atomic mass is 10.1. The molecule has 0 fully saturated rings. The number of hydrogen-bond acceptors (Lipinski definition) is 6. The summed E-state index contributed by atoms with van der Waals surface area (Å²) in [4.78, 5) is 8.14. The van der Waals surface area contributed by atoms with Crippen molar-refractivity contribution >= 4 is 0 Å². The summed E-state index contributed by atoms with van der Waals surface area (Å²) in [5.74, 6) is 0.571. The fraction of sp³-hybridized carbons (Fsp3) is 0.364. The molecule has 2 heterocycles. The molecule has 2 aromatic heterocycles. The lowest BCUT2D eigenvalue weighted by Crippen LogP contribution is -2.21. The van der Waals surface area contributed by atoms with Crippen molar-refractivity contribution < 1.29 is 14.4 Å². The topological polar surface area (TPSA) is 81.3 Å². The van der Waals surface area contributed by atoms with E-state index in [1.54, 1.807) is 19.4 Å². The maximum absolute atomic E-state index is 9.61. The van der Waals surface area contributed by atoms with Gasteiger partial charge in [-0.2, -0.15) is 4.98 Å². The van der Waals surface area contributed by atoms with Crippen LogP contribution in [0.3, 0.4) is 0 Å². The summed E-state index contributed by atoms with van der Waals surface area (Å²) in [6.45, 7) is 3.64. The Bertz CT molecular complexity index is 522. The van der Waals surface area contributed by atoms with Gasteiger partial charge in [-0.25, -0.2) is 4.98 Å². The highest BCUT2D eigenvalue weighted by Crippen LogP contribution is 2.27. The molecule has 0 aliphatic carbocycles. The van der Waals surface area contributed by atoms with Gasteiger partial charge in [-0.15, -0.1) is 0 Å². The van der Waals surface area contributed by atoms with Gasteiger partial charge in [0, 0.05) is 13.3 Å². The highest BCUT2D eigenvalue weighted by Gasteiger charge is 2.27. The smallest absolute Gasteiger partial charge is 0.280 e. The maximum atomic E-state index is 9.61. The van der Waals surface area contributed by atoms with E-state index in [0.717, 1.165) is 0 Å². The number of pyridine rings is 1. The first-order chi connectivity index (χ1) is 8.04. The standard InChI is InChI=1S/C11H13N3O3/c1-11(2,16-3)10-13-9(17-14-10)8-7(15)5-4-6-12-8/h4-6,15H,1-3H3. The zero-order chi connectivity index (χ0) is 12.5. The van der Waals surface area contributed by atoms with Crippen molar-refractivity contribution in [3.63, 3.8) is 0 Å². The third kappa shape index (κ3) is 2.12. The number of hydrogen-bond donors (Lipinski definition) is 1. The molecule has 0 aliphatic heterocycles. The molecule has 0 radical (unpaired) electrons. The molecular weight excluding hydrogens is 222 g/mol. The Kier molecular flexibility index (Phi) is 2.81. The number of rotatable bonds is 3.